The van der Waals surface area contributed by atoms with E-state index in [-0.39, 0.29) is 5.71 Å². The second-order valence-corrected chi connectivity index (χ2v) is 5.47. The van der Waals surface area contributed by atoms with E-state index in [4.69, 9.17) is 21.6 Å². The van der Waals surface area contributed by atoms with Crippen LogP contribution in [-0.2, 0) is 0 Å². The van der Waals surface area contributed by atoms with Crippen molar-refractivity contribution in [1.82, 2.24) is 0 Å². The molecule has 0 saturated carbocycles. The van der Waals surface area contributed by atoms with Gasteiger partial charge in [-0.15, -0.1) is 0 Å². The molecule has 3 aromatic carbocycles. The van der Waals surface area contributed by atoms with Crippen LogP contribution in [0.4, 0.5) is 5.69 Å². The quantitative estimate of drug-likeness (QED) is 0.509. The van der Waals surface area contributed by atoms with Gasteiger partial charge in [-0.3, -0.25) is 10.2 Å². The van der Waals surface area contributed by atoms with E-state index in [1.807, 2.05) is 36.4 Å². The van der Waals surface area contributed by atoms with Crippen molar-refractivity contribution in [3.05, 3.63) is 71.3 Å². The predicted molar refractivity (Wildman–Crippen MR) is 95.8 cm³/mol. The van der Waals surface area contributed by atoms with E-state index in [0.29, 0.717) is 22.4 Å². The standard InChI is InChI=1S/C19H17N3O2/c1-24-15-6-4-11-8-13(3-2-12(11)9-15)18(21)16-10-14(19(22)23)5-7-17(16)20/h2-10,21H,20H2,1H3,(H2,22,23). The highest BCUT2D eigenvalue weighted by Gasteiger charge is 2.12. The number of nitrogens with one attached hydrogen (secondary N) is 1. The molecule has 3 aromatic rings. The molecule has 24 heavy (non-hydrogen) atoms. The van der Waals surface area contributed by atoms with Crippen molar-refractivity contribution in [3.8, 4) is 5.75 Å². The van der Waals surface area contributed by atoms with E-state index in [1.165, 1.54) is 0 Å². The lowest BCUT2D eigenvalue weighted by Crippen LogP contribution is -2.13. The summed E-state index contributed by atoms with van der Waals surface area (Å²) in [5.74, 6) is 0.235. The summed E-state index contributed by atoms with van der Waals surface area (Å²) in [6.07, 6.45) is 0. The first kappa shape index (κ1) is 15.6. The summed E-state index contributed by atoms with van der Waals surface area (Å²) in [7, 11) is 1.62. The summed E-state index contributed by atoms with van der Waals surface area (Å²) in [6, 6.07) is 16.1. The lowest BCUT2D eigenvalue weighted by molar-refractivity contribution is 0.100. The Morgan fingerprint density at radius 1 is 0.958 bits per heavy atom. The number of ether oxygens (including phenoxy) is 1. The van der Waals surface area contributed by atoms with Crippen LogP contribution in [0.1, 0.15) is 21.5 Å². The number of carbonyl (C=O) groups is 1. The molecule has 1 amide bonds. The molecule has 0 atom stereocenters. The Labute approximate surface area is 139 Å². The molecular formula is C19H17N3O2. The molecule has 5 nitrogen and oxygen atoms in total. The third-order valence-corrected chi connectivity index (χ3v) is 3.94. The number of hydrogen-bond acceptors (Lipinski definition) is 4. The van der Waals surface area contributed by atoms with Crippen molar-refractivity contribution in [2.75, 3.05) is 12.8 Å². The average Bonchev–Trinajstić information content (AvgIpc) is 2.60. The highest BCUT2D eigenvalue weighted by Crippen LogP contribution is 2.24. The summed E-state index contributed by atoms with van der Waals surface area (Å²) in [5.41, 5.74) is 13.5. The van der Waals surface area contributed by atoms with Gasteiger partial charge in [0.2, 0.25) is 5.91 Å². The number of anilines is 1. The molecule has 0 spiro atoms. The Morgan fingerprint density at radius 2 is 1.62 bits per heavy atom. The van der Waals surface area contributed by atoms with Crippen molar-refractivity contribution >= 4 is 28.1 Å². The molecule has 0 aliphatic rings. The van der Waals surface area contributed by atoms with Gasteiger partial charge < -0.3 is 16.2 Å². The van der Waals surface area contributed by atoms with Crippen LogP contribution in [-0.4, -0.2) is 18.7 Å². The van der Waals surface area contributed by atoms with Gasteiger partial charge in [-0.25, -0.2) is 0 Å². The van der Waals surface area contributed by atoms with Crippen LogP contribution in [0.15, 0.2) is 54.6 Å². The van der Waals surface area contributed by atoms with Gasteiger partial charge >= 0.3 is 0 Å². The number of carbonyl (C=O) groups excluding carboxylic acids is 1. The normalized spacial score (nSPS) is 10.5. The summed E-state index contributed by atoms with van der Waals surface area (Å²) in [5, 5.41) is 10.5. The summed E-state index contributed by atoms with van der Waals surface area (Å²) in [6.45, 7) is 0. The minimum absolute atomic E-state index is 0.244. The molecule has 0 aliphatic heterocycles. The minimum Gasteiger partial charge on any atom is -0.497 e. The fraction of sp³-hybridized carbons (Fsp3) is 0.0526. The van der Waals surface area contributed by atoms with Gasteiger partial charge in [0.15, 0.2) is 0 Å². The van der Waals surface area contributed by atoms with E-state index in [1.54, 1.807) is 25.3 Å². The number of benzene rings is 3. The highest BCUT2D eigenvalue weighted by molar-refractivity contribution is 6.16. The van der Waals surface area contributed by atoms with Crippen molar-refractivity contribution in [3.63, 3.8) is 0 Å². The monoisotopic (exact) mass is 319 g/mol. The maximum absolute atomic E-state index is 11.4. The Hall–Kier alpha value is -3.34. The second kappa shape index (κ2) is 6.04. The largest absolute Gasteiger partial charge is 0.497 e. The maximum Gasteiger partial charge on any atom is 0.248 e. The van der Waals surface area contributed by atoms with E-state index < -0.39 is 5.91 Å². The van der Waals surface area contributed by atoms with Gasteiger partial charge in [-0.05, 0) is 47.2 Å². The summed E-state index contributed by atoms with van der Waals surface area (Å²) in [4.78, 5) is 11.4. The van der Waals surface area contributed by atoms with Crippen LogP contribution < -0.4 is 16.2 Å². The first-order valence-corrected chi connectivity index (χ1v) is 7.36. The number of nitrogen functional groups attached to an aromatic ring is 1. The number of primary amides is 1. The van der Waals surface area contributed by atoms with Gasteiger partial charge in [0.25, 0.3) is 0 Å². The smallest absolute Gasteiger partial charge is 0.248 e. The fourth-order valence-corrected chi connectivity index (χ4v) is 2.59. The molecule has 120 valence electrons. The van der Waals surface area contributed by atoms with Crippen molar-refractivity contribution in [2.24, 2.45) is 5.73 Å². The summed E-state index contributed by atoms with van der Waals surface area (Å²) >= 11 is 0. The zero-order valence-electron chi connectivity index (χ0n) is 13.2. The van der Waals surface area contributed by atoms with E-state index in [0.717, 1.165) is 16.5 Å². The maximum atomic E-state index is 11.4. The zero-order valence-corrected chi connectivity index (χ0v) is 13.2. The Balaban J connectivity index is 2.05. The highest BCUT2D eigenvalue weighted by atomic mass is 16.5. The second-order valence-electron chi connectivity index (χ2n) is 5.47. The Kier molecular flexibility index (Phi) is 3.92. The molecule has 0 heterocycles. The lowest BCUT2D eigenvalue weighted by Gasteiger charge is -2.10. The molecule has 0 fully saturated rings. The molecule has 5 heteroatoms. The number of nitrogens with two attached hydrogens (primary N) is 2. The van der Waals surface area contributed by atoms with E-state index >= 15 is 0 Å². The lowest BCUT2D eigenvalue weighted by atomic mass is 9.96. The minimum atomic E-state index is -0.547. The molecule has 0 radical (unpaired) electrons. The van der Waals surface area contributed by atoms with Crippen LogP contribution in [0, 0.1) is 5.41 Å². The summed E-state index contributed by atoms with van der Waals surface area (Å²) < 4.78 is 5.22. The molecule has 3 rings (SSSR count). The van der Waals surface area contributed by atoms with Crippen molar-refractivity contribution < 1.29 is 9.53 Å². The topological polar surface area (TPSA) is 102 Å². The Bertz CT molecular complexity index is 964. The predicted octanol–water partition coefficient (Wildman–Crippen LogP) is 2.95. The third-order valence-electron chi connectivity index (χ3n) is 3.94. The zero-order chi connectivity index (χ0) is 17.3. The van der Waals surface area contributed by atoms with Crippen LogP contribution >= 0.6 is 0 Å². The third kappa shape index (κ3) is 2.79. The first-order valence-electron chi connectivity index (χ1n) is 7.36. The van der Waals surface area contributed by atoms with Gasteiger partial charge in [0.05, 0.1) is 12.8 Å². The number of fused-ring (bicyclic) bond motifs is 1. The fourth-order valence-electron chi connectivity index (χ4n) is 2.59. The van der Waals surface area contributed by atoms with Gasteiger partial charge in [-0.2, -0.15) is 0 Å². The van der Waals surface area contributed by atoms with E-state index in [2.05, 4.69) is 0 Å². The SMILES string of the molecule is COc1ccc2cc(C(=N)c3cc(C(N)=O)ccc3N)ccc2c1. The van der Waals surface area contributed by atoms with Crippen molar-refractivity contribution in [2.45, 2.75) is 0 Å². The van der Waals surface area contributed by atoms with Crippen LogP contribution in [0.5, 0.6) is 5.75 Å². The number of methoxy groups -OCH3 is 1. The van der Waals surface area contributed by atoms with Gasteiger partial charge in [0, 0.05) is 22.4 Å². The van der Waals surface area contributed by atoms with Crippen LogP contribution in [0.25, 0.3) is 10.8 Å². The molecule has 0 saturated heterocycles. The molecule has 0 bridgehead atoms. The molecule has 0 unspecified atom stereocenters. The number of rotatable bonds is 4. The van der Waals surface area contributed by atoms with Crippen molar-refractivity contribution in [1.29, 1.82) is 5.41 Å². The Morgan fingerprint density at radius 3 is 2.33 bits per heavy atom. The molecular weight excluding hydrogens is 302 g/mol. The van der Waals surface area contributed by atoms with E-state index in [9.17, 15) is 4.79 Å². The first-order chi connectivity index (χ1) is 11.5. The number of hydrogen-bond donors (Lipinski definition) is 3. The molecule has 0 aliphatic carbocycles. The average molecular weight is 319 g/mol. The van der Waals surface area contributed by atoms with Gasteiger partial charge in [-0.1, -0.05) is 18.2 Å². The van der Waals surface area contributed by atoms with Gasteiger partial charge in [0.1, 0.15) is 5.75 Å². The molecule has 0 aromatic heterocycles. The van der Waals surface area contributed by atoms with Crippen LogP contribution in [0.2, 0.25) is 0 Å². The molecule has 5 N–H and O–H groups in total. The number of amides is 1. The van der Waals surface area contributed by atoms with Crippen LogP contribution in [0.3, 0.4) is 0 Å².